The lowest BCUT2D eigenvalue weighted by Gasteiger charge is -2.11. The highest BCUT2D eigenvalue weighted by Gasteiger charge is 2.12. The molecule has 1 heterocycles. The third kappa shape index (κ3) is 3.64. The van der Waals surface area contributed by atoms with E-state index < -0.39 is 0 Å². The van der Waals surface area contributed by atoms with E-state index in [-0.39, 0.29) is 6.10 Å². The summed E-state index contributed by atoms with van der Waals surface area (Å²) in [6.07, 6.45) is 3.18. The van der Waals surface area contributed by atoms with Crippen LogP contribution in [0.3, 0.4) is 0 Å². The molecule has 3 rings (SSSR count). The zero-order chi connectivity index (χ0) is 14.7. The van der Waals surface area contributed by atoms with Crippen molar-refractivity contribution < 1.29 is 9.84 Å². The largest absolute Gasteiger partial charge is 0.493 e. The Labute approximate surface area is 126 Å². The summed E-state index contributed by atoms with van der Waals surface area (Å²) in [6, 6.07) is 14.8. The van der Waals surface area contributed by atoms with Gasteiger partial charge in [-0.05, 0) is 48.9 Å². The van der Waals surface area contributed by atoms with Crippen LogP contribution in [0.1, 0.15) is 28.7 Å². The Hall–Kier alpha value is -1.80. The summed E-state index contributed by atoms with van der Waals surface area (Å²) < 4.78 is 5.52. The average Bonchev–Trinajstić information content (AvgIpc) is 2.95. The molecule has 0 bridgehead atoms. The summed E-state index contributed by atoms with van der Waals surface area (Å²) in [6.45, 7) is 2.88. The number of hydrogen-bond acceptors (Lipinski definition) is 2. The number of aliphatic hydroxyl groups is 1. The summed E-state index contributed by atoms with van der Waals surface area (Å²) in [5.74, 6) is 1.03. The number of aliphatic hydroxyl groups excluding tert-OH is 1. The van der Waals surface area contributed by atoms with Gasteiger partial charge in [-0.2, -0.15) is 0 Å². The van der Waals surface area contributed by atoms with Gasteiger partial charge in [0.15, 0.2) is 0 Å². The second kappa shape index (κ2) is 6.31. The lowest BCUT2D eigenvalue weighted by Crippen LogP contribution is -2.11. The Morgan fingerprint density at radius 1 is 1.10 bits per heavy atom. The van der Waals surface area contributed by atoms with Crippen molar-refractivity contribution in [2.24, 2.45) is 0 Å². The van der Waals surface area contributed by atoms with Gasteiger partial charge in [0.1, 0.15) is 5.75 Å². The molecule has 0 amide bonds. The predicted molar refractivity (Wildman–Crippen MR) is 84.9 cm³/mol. The number of rotatable bonds is 5. The van der Waals surface area contributed by atoms with Gasteiger partial charge >= 0.3 is 0 Å². The van der Waals surface area contributed by atoms with Crippen LogP contribution in [0.15, 0.2) is 42.5 Å². The van der Waals surface area contributed by atoms with Crippen LogP contribution in [0, 0.1) is 6.92 Å². The standard InChI is InChI=1S/C19H22O2/c1-14-2-4-16(5-3-14)13-18(20)8-6-15-7-9-19-17(12-15)10-11-21-19/h2-5,7,9,12,18,20H,6,8,10-11,13H2,1H3. The van der Waals surface area contributed by atoms with E-state index in [1.807, 2.05) is 0 Å². The molecule has 1 N–H and O–H groups in total. The SMILES string of the molecule is Cc1ccc(CC(O)CCc2ccc3c(c2)CCO3)cc1. The van der Waals surface area contributed by atoms with Gasteiger partial charge in [-0.1, -0.05) is 42.0 Å². The van der Waals surface area contributed by atoms with Crippen molar-refractivity contribution in [2.75, 3.05) is 6.61 Å². The van der Waals surface area contributed by atoms with E-state index in [4.69, 9.17) is 4.74 Å². The van der Waals surface area contributed by atoms with Gasteiger partial charge in [0, 0.05) is 6.42 Å². The second-order valence-corrected chi connectivity index (χ2v) is 5.92. The third-order valence-corrected chi connectivity index (χ3v) is 4.11. The highest BCUT2D eigenvalue weighted by atomic mass is 16.5. The van der Waals surface area contributed by atoms with Crippen LogP contribution < -0.4 is 4.74 Å². The van der Waals surface area contributed by atoms with Crippen molar-refractivity contribution in [2.45, 2.75) is 38.7 Å². The van der Waals surface area contributed by atoms with Crippen LogP contribution >= 0.6 is 0 Å². The van der Waals surface area contributed by atoms with Crippen molar-refractivity contribution in [3.63, 3.8) is 0 Å². The van der Waals surface area contributed by atoms with Gasteiger partial charge in [0.05, 0.1) is 12.7 Å². The molecule has 0 aliphatic carbocycles. The monoisotopic (exact) mass is 282 g/mol. The zero-order valence-corrected chi connectivity index (χ0v) is 12.5. The number of fused-ring (bicyclic) bond motifs is 1. The summed E-state index contributed by atoms with van der Waals surface area (Å²) in [4.78, 5) is 0. The molecular weight excluding hydrogens is 260 g/mol. The van der Waals surface area contributed by atoms with Gasteiger partial charge in [-0.15, -0.1) is 0 Å². The lowest BCUT2D eigenvalue weighted by atomic mass is 9.99. The van der Waals surface area contributed by atoms with Crippen LogP contribution in [-0.4, -0.2) is 17.8 Å². The highest BCUT2D eigenvalue weighted by Crippen LogP contribution is 2.26. The number of ether oxygens (including phenoxy) is 1. The van der Waals surface area contributed by atoms with Crippen LogP contribution in [0.5, 0.6) is 5.75 Å². The lowest BCUT2D eigenvalue weighted by molar-refractivity contribution is 0.165. The Kier molecular flexibility index (Phi) is 4.26. The third-order valence-electron chi connectivity index (χ3n) is 4.11. The molecule has 0 spiro atoms. The average molecular weight is 282 g/mol. The van der Waals surface area contributed by atoms with Crippen molar-refractivity contribution in [1.82, 2.24) is 0 Å². The summed E-state index contributed by atoms with van der Waals surface area (Å²) >= 11 is 0. The smallest absolute Gasteiger partial charge is 0.122 e. The molecule has 0 saturated heterocycles. The van der Waals surface area contributed by atoms with Crippen LogP contribution in [0.2, 0.25) is 0 Å². The summed E-state index contributed by atoms with van der Waals surface area (Å²) in [7, 11) is 0. The minimum Gasteiger partial charge on any atom is -0.493 e. The molecule has 1 aliphatic rings. The van der Waals surface area contributed by atoms with E-state index in [9.17, 15) is 5.11 Å². The fraction of sp³-hybridized carbons (Fsp3) is 0.368. The normalized spacial score (nSPS) is 14.6. The van der Waals surface area contributed by atoms with Crippen LogP contribution in [0.25, 0.3) is 0 Å². The van der Waals surface area contributed by atoms with E-state index in [0.29, 0.717) is 0 Å². The first-order valence-corrected chi connectivity index (χ1v) is 7.69. The maximum Gasteiger partial charge on any atom is 0.122 e. The number of aryl methyl sites for hydroxylation is 2. The van der Waals surface area contributed by atoms with E-state index in [1.165, 1.54) is 22.3 Å². The molecule has 2 nitrogen and oxygen atoms in total. The molecule has 110 valence electrons. The summed E-state index contributed by atoms with van der Waals surface area (Å²) in [5, 5.41) is 10.2. The van der Waals surface area contributed by atoms with Gasteiger partial charge in [-0.25, -0.2) is 0 Å². The Morgan fingerprint density at radius 3 is 2.67 bits per heavy atom. The molecule has 1 unspecified atom stereocenters. The van der Waals surface area contributed by atoms with Gasteiger partial charge in [0.2, 0.25) is 0 Å². The Balaban J connectivity index is 1.53. The van der Waals surface area contributed by atoms with Crippen LogP contribution in [-0.2, 0) is 19.3 Å². The number of hydrogen-bond donors (Lipinski definition) is 1. The molecule has 2 aromatic carbocycles. The van der Waals surface area contributed by atoms with Crippen LogP contribution in [0.4, 0.5) is 0 Å². The first kappa shape index (κ1) is 14.2. The molecule has 1 aliphatic heterocycles. The first-order chi connectivity index (χ1) is 10.2. The fourth-order valence-electron chi connectivity index (χ4n) is 2.83. The first-order valence-electron chi connectivity index (χ1n) is 7.69. The molecule has 0 radical (unpaired) electrons. The Bertz CT molecular complexity index is 601. The van der Waals surface area contributed by atoms with E-state index >= 15 is 0 Å². The van der Waals surface area contributed by atoms with E-state index in [1.54, 1.807) is 0 Å². The second-order valence-electron chi connectivity index (χ2n) is 5.92. The molecular formula is C19H22O2. The fourth-order valence-corrected chi connectivity index (χ4v) is 2.83. The van der Waals surface area contributed by atoms with Gasteiger partial charge < -0.3 is 9.84 Å². The zero-order valence-electron chi connectivity index (χ0n) is 12.5. The van der Waals surface area contributed by atoms with Crippen molar-refractivity contribution in [1.29, 1.82) is 0 Å². The molecule has 21 heavy (non-hydrogen) atoms. The Morgan fingerprint density at radius 2 is 1.86 bits per heavy atom. The number of benzene rings is 2. The maximum atomic E-state index is 10.2. The quantitative estimate of drug-likeness (QED) is 0.910. The topological polar surface area (TPSA) is 29.5 Å². The molecule has 0 aromatic heterocycles. The highest BCUT2D eigenvalue weighted by molar-refractivity contribution is 5.39. The van der Waals surface area contributed by atoms with Gasteiger partial charge in [0.25, 0.3) is 0 Å². The summed E-state index contributed by atoms with van der Waals surface area (Å²) in [5.41, 5.74) is 5.06. The molecule has 2 heteroatoms. The predicted octanol–water partition coefficient (Wildman–Crippen LogP) is 3.47. The molecule has 1 atom stereocenters. The molecule has 0 fully saturated rings. The molecule has 2 aromatic rings. The minimum atomic E-state index is -0.280. The minimum absolute atomic E-state index is 0.280. The van der Waals surface area contributed by atoms with E-state index in [2.05, 4.69) is 49.4 Å². The van der Waals surface area contributed by atoms with Gasteiger partial charge in [-0.3, -0.25) is 0 Å². The van der Waals surface area contributed by atoms with Crippen molar-refractivity contribution in [3.05, 3.63) is 64.7 Å². The molecule has 0 saturated carbocycles. The maximum absolute atomic E-state index is 10.2. The van der Waals surface area contributed by atoms with Crippen molar-refractivity contribution >= 4 is 0 Å². The van der Waals surface area contributed by atoms with E-state index in [0.717, 1.165) is 38.0 Å². The van der Waals surface area contributed by atoms with Crippen molar-refractivity contribution in [3.8, 4) is 5.75 Å².